The molecule has 1 unspecified atom stereocenters. The van der Waals surface area contributed by atoms with Crippen molar-refractivity contribution >= 4 is 30.3 Å². The highest BCUT2D eigenvalue weighted by molar-refractivity contribution is 7.81. The van der Waals surface area contributed by atoms with Crippen LogP contribution in [0.15, 0.2) is 0 Å². The van der Waals surface area contributed by atoms with Crippen LogP contribution in [-0.2, 0) is 14.4 Å². The lowest BCUT2D eigenvalue weighted by molar-refractivity contribution is -0.149. The fourth-order valence-corrected chi connectivity index (χ4v) is 2.16. The summed E-state index contributed by atoms with van der Waals surface area (Å²) in [5, 5.41) is 8.31. The van der Waals surface area contributed by atoms with Crippen molar-refractivity contribution in [3.05, 3.63) is 0 Å². The summed E-state index contributed by atoms with van der Waals surface area (Å²) in [4.78, 5) is 35.5. The van der Waals surface area contributed by atoms with E-state index < -0.39 is 23.2 Å². The van der Waals surface area contributed by atoms with Gasteiger partial charge in [0, 0.05) is 6.54 Å². The fraction of sp³-hybridized carbons (Fsp3) is 0.727. The number of carboxylic acids is 1. The van der Waals surface area contributed by atoms with E-state index in [1.54, 1.807) is 6.92 Å². The summed E-state index contributed by atoms with van der Waals surface area (Å²) in [5.41, 5.74) is 0. The monoisotopic (exact) mass is 259 g/mol. The van der Waals surface area contributed by atoms with E-state index in [9.17, 15) is 14.4 Å². The minimum Gasteiger partial charge on any atom is -0.480 e. The van der Waals surface area contributed by atoms with Crippen LogP contribution in [0.4, 0.5) is 0 Å². The number of hydrogen-bond donors (Lipinski definition) is 2. The molecule has 1 saturated heterocycles. The summed E-state index contributed by atoms with van der Waals surface area (Å²) in [6, 6.07) is -0.752. The highest BCUT2D eigenvalue weighted by Crippen LogP contribution is 2.22. The van der Waals surface area contributed by atoms with Crippen molar-refractivity contribution in [2.45, 2.75) is 38.0 Å². The van der Waals surface area contributed by atoms with Crippen molar-refractivity contribution in [2.75, 3.05) is 6.54 Å². The first kappa shape index (κ1) is 14.0. The third-order valence-electron chi connectivity index (χ3n) is 3.10. The minimum atomic E-state index is -0.985. The van der Waals surface area contributed by atoms with Gasteiger partial charge in [-0.05, 0) is 19.8 Å². The molecule has 0 aromatic carbocycles. The summed E-state index contributed by atoms with van der Waals surface area (Å²) in [7, 11) is 0. The van der Waals surface area contributed by atoms with Gasteiger partial charge in [0.05, 0.1) is 11.2 Å². The lowest BCUT2D eigenvalue weighted by Crippen LogP contribution is -2.45. The minimum absolute atomic E-state index is 0.180. The summed E-state index contributed by atoms with van der Waals surface area (Å²) in [6.45, 7) is 3.43. The van der Waals surface area contributed by atoms with Crippen molar-refractivity contribution in [1.82, 2.24) is 4.90 Å². The van der Waals surface area contributed by atoms with E-state index in [1.807, 2.05) is 0 Å². The molecular weight excluding hydrogens is 242 g/mol. The Balaban J connectivity index is 2.75. The van der Waals surface area contributed by atoms with E-state index in [2.05, 4.69) is 12.6 Å². The Bertz CT molecular complexity index is 344. The van der Waals surface area contributed by atoms with E-state index >= 15 is 0 Å². The topological polar surface area (TPSA) is 74.7 Å². The number of nitrogens with zero attached hydrogens (tertiary/aromatic N) is 1. The second-order valence-electron chi connectivity index (χ2n) is 4.37. The molecule has 0 aromatic rings. The van der Waals surface area contributed by atoms with Gasteiger partial charge in [-0.15, -0.1) is 0 Å². The SMILES string of the molecule is CC(=O)C(S)[C@@H](C)C(=O)N1CCC[C@H]1C(=O)O. The number of thiol groups is 1. The van der Waals surface area contributed by atoms with Gasteiger partial charge in [0.15, 0.2) is 0 Å². The maximum absolute atomic E-state index is 12.1. The summed E-state index contributed by atoms with van der Waals surface area (Å²) in [5.74, 6) is -2.05. The van der Waals surface area contributed by atoms with Crippen molar-refractivity contribution in [1.29, 1.82) is 0 Å². The molecule has 1 fully saturated rings. The fourth-order valence-electron chi connectivity index (χ4n) is 2.04. The highest BCUT2D eigenvalue weighted by atomic mass is 32.1. The van der Waals surface area contributed by atoms with Crippen LogP contribution < -0.4 is 0 Å². The van der Waals surface area contributed by atoms with Crippen LogP contribution in [0.5, 0.6) is 0 Å². The number of Topliss-reactive ketones (excluding diaryl/α,β-unsaturated/α-hetero) is 1. The van der Waals surface area contributed by atoms with Gasteiger partial charge < -0.3 is 10.0 Å². The standard InChI is InChI=1S/C11H17NO4S/c1-6(9(17)7(2)13)10(14)12-5-3-4-8(12)11(15)16/h6,8-9,17H,3-5H2,1-2H3,(H,15,16)/t6-,8+,9?/m1/s1. The lowest BCUT2D eigenvalue weighted by atomic mass is 10.0. The van der Waals surface area contributed by atoms with Crippen LogP contribution in [0, 0.1) is 5.92 Å². The third kappa shape index (κ3) is 3.00. The number of amides is 1. The number of rotatable bonds is 4. The molecule has 1 heterocycles. The summed E-state index contributed by atoms with van der Waals surface area (Å²) in [6.07, 6.45) is 1.16. The normalized spacial score (nSPS) is 23.2. The number of carbonyl (C=O) groups is 3. The Kier molecular flexibility index (Phi) is 4.56. The number of hydrogen-bond acceptors (Lipinski definition) is 4. The van der Waals surface area contributed by atoms with Gasteiger partial charge in [0.2, 0.25) is 5.91 Å². The van der Waals surface area contributed by atoms with Gasteiger partial charge in [-0.3, -0.25) is 9.59 Å². The van der Waals surface area contributed by atoms with Crippen molar-refractivity contribution in [3.8, 4) is 0 Å². The van der Waals surface area contributed by atoms with Crippen molar-refractivity contribution in [2.24, 2.45) is 5.92 Å². The summed E-state index contributed by atoms with van der Waals surface area (Å²) < 4.78 is 0. The molecule has 6 heteroatoms. The van der Waals surface area contributed by atoms with Gasteiger partial charge in [-0.1, -0.05) is 6.92 Å². The first-order valence-electron chi connectivity index (χ1n) is 5.58. The molecule has 0 saturated carbocycles. The molecule has 3 atom stereocenters. The zero-order valence-electron chi connectivity index (χ0n) is 9.92. The average molecular weight is 259 g/mol. The smallest absolute Gasteiger partial charge is 0.326 e. The Morgan fingerprint density at radius 1 is 1.41 bits per heavy atom. The van der Waals surface area contributed by atoms with Crippen molar-refractivity contribution < 1.29 is 19.5 Å². The quantitative estimate of drug-likeness (QED) is 0.724. The van der Waals surface area contributed by atoms with Crippen LogP contribution in [0.25, 0.3) is 0 Å². The number of likely N-dealkylation sites (tertiary alicyclic amines) is 1. The number of aliphatic carboxylic acids is 1. The number of ketones is 1. The predicted octanol–water partition coefficient (Wildman–Crippen LogP) is 0.585. The molecular formula is C11H17NO4S. The maximum Gasteiger partial charge on any atom is 0.326 e. The van der Waals surface area contributed by atoms with Gasteiger partial charge in [-0.25, -0.2) is 4.79 Å². The molecule has 0 bridgehead atoms. The Hall–Kier alpha value is -1.04. The molecule has 1 aliphatic rings. The maximum atomic E-state index is 12.1. The first-order chi connectivity index (χ1) is 7.86. The van der Waals surface area contributed by atoms with Crippen LogP contribution in [-0.4, -0.2) is 45.5 Å². The predicted molar refractivity (Wildman–Crippen MR) is 65.0 cm³/mol. The third-order valence-corrected chi connectivity index (χ3v) is 3.91. The van der Waals surface area contributed by atoms with E-state index in [0.717, 1.165) is 0 Å². The highest BCUT2D eigenvalue weighted by Gasteiger charge is 2.38. The Morgan fingerprint density at radius 3 is 2.47 bits per heavy atom. The first-order valence-corrected chi connectivity index (χ1v) is 6.09. The van der Waals surface area contributed by atoms with Gasteiger partial charge in [0.1, 0.15) is 11.8 Å². The lowest BCUT2D eigenvalue weighted by Gasteiger charge is -2.26. The molecule has 1 aliphatic heterocycles. The Labute approximate surface area is 106 Å². The van der Waals surface area contributed by atoms with Gasteiger partial charge >= 0.3 is 5.97 Å². The second kappa shape index (κ2) is 5.53. The zero-order valence-corrected chi connectivity index (χ0v) is 10.8. The molecule has 0 spiro atoms. The second-order valence-corrected chi connectivity index (χ2v) is 4.93. The van der Waals surface area contributed by atoms with Crippen LogP contribution in [0.1, 0.15) is 26.7 Å². The average Bonchev–Trinajstić information content (AvgIpc) is 2.74. The van der Waals surface area contributed by atoms with E-state index in [4.69, 9.17) is 5.11 Å². The van der Waals surface area contributed by atoms with E-state index in [0.29, 0.717) is 19.4 Å². The molecule has 0 aliphatic carbocycles. The number of carboxylic acid groups (broad SMARTS) is 1. The largest absolute Gasteiger partial charge is 0.480 e. The number of carbonyl (C=O) groups excluding carboxylic acids is 2. The molecule has 1 N–H and O–H groups in total. The van der Waals surface area contributed by atoms with Gasteiger partial charge in [0.25, 0.3) is 0 Å². The molecule has 0 aromatic heterocycles. The van der Waals surface area contributed by atoms with Crippen LogP contribution >= 0.6 is 12.6 Å². The zero-order chi connectivity index (χ0) is 13.2. The molecule has 1 amide bonds. The molecule has 1 rings (SSSR count). The Morgan fingerprint density at radius 2 is 2.00 bits per heavy atom. The molecule has 17 heavy (non-hydrogen) atoms. The van der Waals surface area contributed by atoms with Crippen molar-refractivity contribution in [3.63, 3.8) is 0 Å². The van der Waals surface area contributed by atoms with Crippen LogP contribution in [0.3, 0.4) is 0 Å². The van der Waals surface area contributed by atoms with E-state index in [1.165, 1.54) is 11.8 Å². The van der Waals surface area contributed by atoms with Gasteiger partial charge in [-0.2, -0.15) is 12.6 Å². The molecule has 0 radical (unpaired) electrons. The summed E-state index contributed by atoms with van der Waals surface area (Å²) >= 11 is 4.09. The van der Waals surface area contributed by atoms with E-state index in [-0.39, 0.29) is 11.7 Å². The van der Waals surface area contributed by atoms with Crippen LogP contribution in [0.2, 0.25) is 0 Å². The molecule has 96 valence electrons. The molecule has 5 nitrogen and oxygen atoms in total.